The molecule has 3 atom stereocenters. The number of rotatable bonds is 6. The lowest BCUT2D eigenvalue weighted by atomic mass is 9.99. The summed E-state index contributed by atoms with van der Waals surface area (Å²) in [5.74, 6) is 5.45. The number of hydrogen-bond donors (Lipinski definition) is 2. The Kier molecular flexibility index (Phi) is 8.52. The lowest BCUT2D eigenvalue weighted by Gasteiger charge is -2.37. The summed E-state index contributed by atoms with van der Waals surface area (Å²) in [6.07, 6.45) is 4.24. The zero-order chi connectivity index (χ0) is 24.9. The second kappa shape index (κ2) is 11.2. The normalized spacial score (nSPS) is 22.5. The maximum atomic E-state index is 13.4. The molecule has 186 valence electrons. The number of ether oxygens (including phenoxy) is 2. The first-order valence-electron chi connectivity index (χ1n) is 11.7. The van der Waals surface area contributed by atoms with Crippen molar-refractivity contribution in [3.05, 3.63) is 23.4 Å². The SMILES string of the molecule is COCC(=O)N(C)C[C@H]1Oc2ncc(C#CC3(O)CCCC3)cc2C(=O)N([C@@H](C)CO)C[C@H]1C. The number of likely N-dealkylation sites (N-methyl/N-ethyl adjacent to an activating group) is 1. The van der Waals surface area contributed by atoms with Crippen LogP contribution in [0.15, 0.2) is 12.3 Å². The predicted octanol–water partition coefficient (Wildman–Crippen LogP) is 1.06. The number of aliphatic hydroxyl groups is 2. The highest BCUT2D eigenvalue weighted by Gasteiger charge is 2.35. The van der Waals surface area contributed by atoms with E-state index in [0.717, 1.165) is 12.8 Å². The molecular formula is C25H35N3O6. The summed E-state index contributed by atoms with van der Waals surface area (Å²) in [4.78, 5) is 33.2. The van der Waals surface area contributed by atoms with E-state index in [2.05, 4.69) is 16.8 Å². The molecule has 0 radical (unpaired) electrons. The standard InChI is InChI=1S/C25H35N3O6/c1-17-13-28(18(2)15-29)24(31)20-11-19(7-10-25(32)8-5-6-9-25)12-26-23(20)34-21(17)14-27(3)22(30)16-33-4/h11-12,17-18,21,29,32H,5-6,8-9,13-16H2,1-4H3/t17-,18+,21-/m1/s1. The number of methoxy groups -OCH3 is 1. The molecule has 3 rings (SSSR count). The molecule has 1 aromatic heterocycles. The Morgan fingerprint density at radius 2 is 2.15 bits per heavy atom. The minimum atomic E-state index is -0.998. The van der Waals surface area contributed by atoms with E-state index in [1.165, 1.54) is 18.2 Å². The third kappa shape index (κ3) is 6.06. The number of hydrogen-bond acceptors (Lipinski definition) is 7. The first-order chi connectivity index (χ1) is 16.2. The number of carbonyl (C=O) groups is 2. The van der Waals surface area contributed by atoms with Crippen LogP contribution < -0.4 is 4.74 Å². The van der Waals surface area contributed by atoms with Crippen molar-refractivity contribution in [2.24, 2.45) is 5.92 Å². The second-order valence-electron chi connectivity index (χ2n) is 9.40. The van der Waals surface area contributed by atoms with Crippen molar-refractivity contribution in [2.75, 3.05) is 40.5 Å². The number of amides is 2. The Balaban J connectivity index is 1.95. The van der Waals surface area contributed by atoms with Gasteiger partial charge in [-0.3, -0.25) is 9.59 Å². The number of aromatic nitrogens is 1. The molecule has 2 N–H and O–H groups in total. The van der Waals surface area contributed by atoms with Crippen LogP contribution in [0.4, 0.5) is 0 Å². The zero-order valence-electron chi connectivity index (χ0n) is 20.4. The lowest BCUT2D eigenvalue weighted by Crippen LogP contribution is -2.50. The summed E-state index contributed by atoms with van der Waals surface area (Å²) < 4.78 is 11.1. The summed E-state index contributed by atoms with van der Waals surface area (Å²) in [7, 11) is 3.14. The van der Waals surface area contributed by atoms with Crippen LogP contribution in [0.25, 0.3) is 0 Å². The van der Waals surface area contributed by atoms with E-state index >= 15 is 0 Å². The molecule has 1 fully saturated rings. The minimum absolute atomic E-state index is 0.0347. The van der Waals surface area contributed by atoms with E-state index in [0.29, 0.717) is 24.9 Å². The van der Waals surface area contributed by atoms with Crippen molar-refractivity contribution in [1.82, 2.24) is 14.8 Å². The molecule has 1 saturated carbocycles. The van der Waals surface area contributed by atoms with Gasteiger partial charge in [0, 0.05) is 38.4 Å². The maximum Gasteiger partial charge on any atom is 0.259 e. The summed E-state index contributed by atoms with van der Waals surface area (Å²) in [5, 5.41) is 20.3. The smallest absolute Gasteiger partial charge is 0.259 e. The molecule has 0 bridgehead atoms. The van der Waals surface area contributed by atoms with E-state index in [9.17, 15) is 19.8 Å². The third-order valence-corrected chi connectivity index (χ3v) is 6.54. The Hall–Kier alpha value is -2.67. The molecule has 0 aromatic carbocycles. The van der Waals surface area contributed by atoms with E-state index in [4.69, 9.17) is 9.47 Å². The molecule has 2 heterocycles. The first-order valence-corrected chi connectivity index (χ1v) is 11.7. The van der Waals surface area contributed by atoms with Crippen molar-refractivity contribution in [3.8, 4) is 17.7 Å². The fourth-order valence-corrected chi connectivity index (χ4v) is 4.27. The zero-order valence-corrected chi connectivity index (χ0v) is 20.4. The minimum Gasteiger partial charge on any atom is -0.472 e. The van der Waals surface area contributed by atoms with Gasteiger partial charge >= 0.3 is 0 Å². The van der Waals surface area contributed by atoms with Crippen LogP contribution in [0.5, 0.6) is 5.88 Å². The van der Waals surface area contributed by atoms with Crippen molar-refractivity contribution >= 4 is 11.8 Å². The molecule has 0 saturated heterocycles. The molecular weight excluding hydrogens is 438 g/mol. The average Bonchev–Trinajstić information content (AvgIpc) is 3.26. The van der Waals surface area contributed by atoms with E-state index < -0.39 is 17.7 Å². The third-order valence-electron chi connectivity index (χ3n) is 6.54. The topological polar surface area (TPSA) is 112 Å². The van der Waals surface area contributed by atoms with E-state index in [1.54, 1.807) is 24.9 Å². The molecule has 2 aliphatic rings. The quantitative estimate of drug-likeness (QED) is 0.594. The van der Waals surface area contributed by atoms with Gasteiger partial charge < -0.3 is 29.5 Å². The second-order valence-corrected chi connectivity index (χ2v) is 9.40. The van der Waals surface area contributed by atoms with Crippen molar-refractivity contribution in [3.63, 3.8) is 0 Å². The average molecular weight is 474 g/mol. The highest BCUT2D eigenvalue weighted by molar-refractivity contribution is 5.97. The van der Waals surface area contributed by atoms with E-state index in [1.807, 2.05) is 6.92 Å². The molecule has 2 amide bonds. The fraction of sp³-hybridized carbons (Fsp3) is 0.640. The summed E-state index contributed by atoms with van der Waals surface area (Å²) in [5.41, 5.74) is -0.249. The van der Waals surface area contributed by atoms with Crippen LogP contribution in [0, 0.1) is 17.8 Å². The number of aliphatic hydroxyl groups excluding tert-OH is 1. The van der Waals surface area contributed by atoms with Crippen LogP contribution in [0.3, 0.4) is 0 Å². The number of pyridine rings is 1. The molecule has 0 spiro atoms. The van der Waals surface area contributed by atoms with Crippen LogP contribution in [0.1, 0.15) is 55.5 Å². The number of fused-ring (bicyclic) bond motifs is 1. The molecule has 9 nitrogen and oxygen atoms in total. The fourth-order valence-electron chi connectivity index (χ4n) is 4.27. The maximum absolute atomic E-state index is 13.4. The molecule has 9 heteroatoms. The Bertz CT molecular complexity index is 950. The summed E-state index contributed by atoms with van der Waals surface area (Å²) >= 11 is 0. The first kappa shape index (κ1) is 25.9. The molecule has 34 heavy (non-hydrogen) atoms. The van der Waals surface area contributed by atoms with Gasteiger partial charge in [-0.15, -0.1) is 0 Å². The number of nitrogens with zero attached hydrogens (tertiary/aromatic N) is 3. The molecule has 1 aliphatic carbocycles. The van der Waals surface area contributed by atoms with Crippen LogP contribution in [-0.2, 0) is 9.53 Å². The van der Waals surface area contributed by atoms with Gasteiger partial charge in [-0.2, -0.15) is 0 Å². The van der Waals surface area contributed by atoms with Gasteiger partial charge in [-0.25, -0.2) is 4.98 Å². The van der Waals surface area contributed by atoms with Crippen LogP contribution >= 0.6 is 0 Å². The lowest BCUT2D eigenvalue weighted by molar-refractivity contribution is -0.135. The Labute approximate surface area is 201 Å². The largest absolute Gasteiger partial charge is 0.472 e. The highest BCUT2D eigenvalue weighted by atomic mass is 16.5. The Morgan fingerprint density at radius 1 is 1.44 bits per heavy atom. The van der Waals surface area contributed by atoms with Gasteiger partial charge in [-0.1, -0.05) is 18.8 Å². The van der Waals surface area contributed by atoms with Gasteiger partial charge in [0.1, 0.15) is 23.9 Å². The predicted molar refractivity (Wildman–Crippen MR) is 125 cm³/mol. The monoisotopic (exact) mass is 473 g/mol. The molecule has 1 aromatic rings. The van der Waals surface area contributed by atoms with Crippen LogP contribution in [-0.4, -0.2) is 95.0 Å². The number of carbonyl (C=O) groups excluding carboxylic acids is 2. The van der Waals surface area contributed by atoms with Crippen molar-refractivity contribution in [2.45, 2.75) is 57.3 Å². The van der Waals surface area contributed by atoms with Gasteiger partial charge in [0.2, 0.25) is 11.8 Å². The Morgan fingerprint density at radius 3 is 2.79 bits per heavy atom. The van der Waals surface area contributed by atoms with Crippen LogP contribution in [0.2, 0.25) is 0 Å². The molecule has 1 aliphatic heterocycles. The van der Waals surface area contributed by atoms with Gasteiger partial charge in [0.15, 0.2) is 0 Å². The molecule has 0 unspecified atom stereocenters. The van der Waals surface area contributed by atoms with Gasteiger partial charge in [0.05, 0.1) is 19.2 Å². The highest BCUT2D eigenvalue weighted by Crippen LogP contribution is 2.30. The van der Waals surface area contributed by atoms with E-state index in [-0.39, 0.29) is 48.9 Å². The van der Waals surface area contributed by atoms with Gasteiger partial charge in [0.25, 0.3) is 5.91 Å². The van der Waals surface area contributed by atoms with Gasteiger partial charge in [-0.05, 0) is 38.7 Å². The van der Waals surface area contributed by atoms with Crippen molar-refractivity contribution in [1.29, 1.82) is 0 Å². The summed E-state index contributed by atoms with van der Waals surface area (Å²) in [6, 6.07) is 1.21. The summed E-state index contributed by atoms with van der Waals surface area (Å²) in [6.45, 7) is 4.12. The van der Waals surface area contributed by atoms with Crippen molar-refractivity contribution < 1.29 is 29.3 Å².